The summed E-state index contributed by atoms with van der Waals surface area (Å²) in [6, 6.07) is 22.9. The summed E-state index contributed by atoms with van der Waals surface area (Å²) in [5.41, 5.74) is 4.45. The molecule has 0 radical (unpaired) electrons. The van der Waals surface area contributed by atoms with E-state index in [1.54, 1.807) is 12.1 Å². The molecule has 0 amide bonds. The van der Waals surface area contributed by atoms with E-state index in [2.05, 4.69) is 26.2 Å². The number of aliphatic imine (C=N–C) groups is 1. The summed E-state index contributed by atoms with van der Waals surface area (Å²) in [6.45, 7) is 4.05. The van der Waals surface area contributed by atoms with Gasteiger partial charge in [-0.3, -0.25) is 4.79 Å². The zero-order valence-electron chi connectivity index (χ0n) is 14.7. The van der Waals surface area contributed by atoms with E-state index in [-0.39, 0.29) is 5.78 Å². The van der Waals surface area contributed by atoms with Crippen molar-refractivity contribution in [2.45, 2.75) is 13.8 Å². The summed E-state index contributed by atoms with van der Waals surface area (Å²) in [6.07, 6.45) is 0. The normalized spacial score (nSPS) is 11.3. The number of nitrogens with zero attached hydrogens (tertiary/aromatic N) is 1. The number of carbonyl (C=O) groups is 1. The van der Waals surface area contributed by atoms with Crippen LogP contribution in [0.2, 0.25) is 0 Å². The van der Waals surface area contributed by atoms with Gasteiger partial charge in [0.15, 0.2) is 5.84 Å². The van der Waals surface area contributed by atoms with Gasteiger partial charge < -0.3 is 5.32 Å². The fraction of sp³-hybridized carbons (Fsp3) is 0.0909. The van der Waals surface area contributed by atoms with Gasteiger partial charge in [0.25, 0.3) is 0 Å². The third kappa shape index (κ3) is 4.67. The Bertz CT molecular complexity index is 927. The second kappa shape index (κ2) is 8.11. The Morgan fingerprint density at radius 1 is 0.808 bits per heavy atom. The van der Waals surface area contributed by atoms with Crippen LogP contribution in [-0.4, -0.2) is 11.6 Å². The Morgan fingerprint density at radius 2 is 1.35 bits per heavy atom. The molecule has 1 N–H and O–H groups in total. The number of benzene rings is 3. The zero-order chi connectivity index (χ0) is 18.5. The molecule has 0 aliphatic rings. The Morgan fingerprint density at radius 3 is 1.92 bits per heavy atom. The minimum absolute atomic E-state index is 0.154. The number of hydrogen-bond donors (Lipinski definition) is 1. The minimum Gasteiger partial charge on any atom is -0.337 e. The fourth-order valence-electron chi connectivity index (χ4n) is 2.40. The maximum absolute atomic E-state index is 13.0. The van der Waals surface area contributed by atoms with E-state index in [1.807, 2.05) is 74.5 Å². The molecule has 0 aliphatic heterocycles. The quantitative estimate of drug-likeness (QED) is 0.323. The Labute approximate surface area is 161 Å². The van der Waals surface area contributed by atoms with Crippen LogP contribution in [0.4, 0.5) is 11.4 Å². The topological polar surface area (TPSA) is 41.5 Å². The molecule has 0 bridgehead atoms. The number of nitrogens with one attached hydrogen (secondary N) is 1. The molecule has 3 rings (SSSR count). The molecule has 0 saturated carbocycles. The predicted octanol–water partition coefficient (Wildman–Crippen LogP) is 6.09. The highest BCUT2D eigenvalue weighted by molar-refractivity contribution is 9.10. The van der Waals surface area contributed by atoms with Gasteiger partial charge in [-0.2, -0.15) is 0 Å². The summed E-state index contributed by atoms with van der Waals surface area (Å²) in [7, 11) is 0. The Hall–Kier alpha value is -2.72. The van der Waals surface area contributed by atoms with Crippen molar-refractivity contribution in [1.29, 1.82) is 0 Å². The molecule has 0 aliphatic carbocycles. The van der Waals surface area contributed by atoms with Crippen LogP contribution in [0.1, 0.15) is 21.5 Å². The van der Waals surface area contributed by atoms with Crippen LogP contribution in [0, 0.1) is 13.8 Å². The van der Waals surface area contributed by atoms with Crippen LogP contribution < -0.4 is 5.32 Å². The van der Waals surface area contributed by atoms with Gasteiger partial charge in [0.05, 0.1) is 5.69 Å². The molecule has 26 heavy (non-hydrogen) atoms. The van der Waals surface area contributed by atoms with E-state index < -0.39 is 0 Å². The van der Waals surface area contributed by atoms with Crippen LogP contribution in [-0.2, 0) is 0 Å². The van der Waals surface area contributed by atoms with Crippen LogP contribution in [0.15, 0.2) is 82.3 Å². The Kier molecular flexibility index (Phi) is 5.64. The summed E-state index contributed by atoms with van der Waals surface area (Å²) < 4.78 is 0.928. The molecule has 4 heteroatoms. The number of Topliss-reactive ketones (excluding diaryl/α,β-unsaturated/α-hetero) is 1. The van der Waals surface area contributed by atoms with Gasteiger partial charge in [-0.15, -0.1) is 0 Å². The van der Waals surface area contributed by atoms with Crippen LogP contribution in [0.25, 0.3) is 0 Å². The molecule has 0 fully saturated rings. The number of anilines is 1. The second-order valence-electron chi connectivity index (χ2n) is 6.12. The second-order valence-corrected chi connectivity index (χ2v) is 7.04. The van der Waals surface area contributed by atoms with Crippen molar-refractivity contribution in [2.24, 2.45) is 4.99 Å². The molecule has 0 aromatic heterocycles. The van der Waals surface area contributed by atoms with E-state index >= 15 is 0 Å². The van der Waals surface area contributed by atoms with Gasteiger partial charge >= 0.3 is 0 Å². The van der Waals surface area contributed by atoms with E-state index in [0.29, 0.717) is 11.4 Å². The maximum Gasteiger partial charge on any atom is 0.228 e. The summed E-state index contributed by atoms with van der Waals surface area (Å²) in [5.74, 6) is 0.138. The molecular weight excluding hydrogens is 388 g/mol. The van der Waals surface area contributed by atoms with Gasteiger partial charge in [-0.1, -0.05) is 51.3 Å². The van der Waals surface area contributed by atoms with Gasteiger partial charge in [0, 0.05) is 15.7 Å². The highest BCUT2D eigenvalue weighted by Crippen LogP contribution is 2.17. The van der Waals surface area contributed by atoms with Crippen molar-refractivity contribution >= 4 is 38.9 Å². The number of hydrogen-bond acceptors (Lipinski definition) is 2. The van der Waals surface area contributed by atoms with Gasteiger partial charge in [-0.05, 0) is 62.4 Å². The molecule has 130 valence electrons. The average Bonchev–Trinajstić information content (AvgIpc) is 2.65. The van der Waals surface area contributed by atoms with Gasteiger partial charge in [0.1, 0.15) is 0 Å². The van der Waals surface area contributed by atoms with Crippen LogP contribution in [0.5, 0.6) is 0 Å². The third-order valence-electron chi connectivity index (χ3n) is 3.91. The molecule has 0 heterocycles. The lowest BCUT2D eigenvalue weighted by molar-refractivity contribution is 0.106. The number of aryl methyl sites for hydroxylation is 2. The van der Waals surface area contributed by atoms with Crippen molar-refractivity contribution in [2.75, 3.05) is 5.32 Å². The van der Waals surface area contributed by atoms with Crippen molar-refractivity contribution in [3.63, 3.8) is 0 Å². The lowest BCUT2D eigenvalue weighted by atomic mass is 10.1. The van der Waals surface area contributed by atoms with Crippen LogP contribution >= 0.6 is 15.9 Å². The van der Waals surface area contributed by atoms with Crippen molar-refractivity contribution in [3.05, 3.63) is 94.0 Å². The third-order valence-corrected chi connectivity index (χ3v) is 4.44. The minimum atomic E-state index is -0.154. The smallest absolute Gasteiger partial charge is 0.228 e. The molecule has 3 aromatic rings. The number of halogens is 1. The monoisotopic (exact) mass is 406 g/mol. The van der Waals surface area contributed by atoms with E-state index in [1.165, 1.54) is 0 Å². The first-order valence-corrected chi connectivity index (χ1v) is 9.10. The predicted molar refractivity (Wildman–Crippen MR) is 112 cm³/mol. The summed E-state index contributed by atoms with van der Waals surface area (Å²) in [4.78, 5) is 17.6. The molecule has 0 spiro atoms. The number of ketones is 1. The SMILES string of the molecule is Cc1ccc(N=C(Nc2ccc(C)cc2)C(=O)c2ccc(Br)cc2)cc1. The largest absolute Gasteiger partial charge is 0.337 e. The van der Waals surface area contributed by atoms with Crippen LogP contribution in [0.3, 0.4) is 0 Å². The lowest BCUT2D eigenvalue weighted by Crippen LogP contribution is -2.23. The summed E-state index contributed by atoms with van der Waals surface area (Å²) >= 11 is 3.40. The molecule has 0 unspecified atom stereocenters. The standard InChI is InChI=1S/C22H19BrN2O/c1-15-3-11-19(12-4-15)24-22(25-20-13-5-16(2)6-14-20)21(26)17-7-9-18(23)10-8-17/h3-14H,1-2H3,(H,24,25). The first kappa shape index (κ1) is 18.1. The fourth-order valence-corrected chi connectivity index (χ4v) is 2.66. The first-order valence-electron chi connectivity index (χ1n) is 8.30. The summed E-state index contributed by atoms with van der Waals surface area (Å²) in [5, 5.41) is 3.17. The number of carbonyl (C=O) groups excluding carboxylic acids is 1. The van der Waals surface area contributed by atoms with E-state index in [4.69, 9.17) is 0 Å². The van der Waals surface area contributed by atoms with Crippen molar-refractivity contribution < 1.29 is 4.79 Å². The lowest BCUT2D eigenvalue weighted by Gasteiger charge is -2.10. The number of amidine groups is 1. The van der Waals surface area contributed by atoms with Gasteiger partial charge in [-0.25, -0.2) is 4.99 Å². The highest BCUT2D eigenvalue weighted by atomic mass is 79.9. The number of rotatable bonds is 4. The molecule has 3 nitrogen and oxygen atoms in total. The van der Waals surface area contributed by atoms with Crippen molar-refractivity contribution in [3.8, 4) is 0 Å². The van der Waals surface area contributed by atoms with E-state index in [0.717, 1.165) is 27.0 Å². The highest BCUT2D eigenvalue weighted by Gasteiger charge is 2.15. The molecule has 0 saturated heterocycles. The molecular formula is C22H19BrN2O. The van der Waals surface area contributed by atoms with Crippen molar-refractivity contribution in [1.82, 2.24) is 0 Å². The average molecular weight is 407 g/mol. The Balaban J connectivity index is 1.97. The molecule has 3 aromatic carbocycles. The first-order chi connectivity index (χ1) is 12.5. The van der Waals surface area contributed by atoms with Gasteiger partial charge in [0.2, 0.25) is 5.78 Å². The zero-order valence-corrected chi connectivity index (χ0v) is 16.2. The van der Waals surface area contributed by atoms with E-state index in [9.17, 15) is 4.79 Å². The maximum atomic E-state index is 13.0. The molecule has 0 atom stereocenters.